The second-order valence-corrected chi connectivity index (χ2v) is 6.11. The maximum absolute atomic E-state index is 12.0. The summed E-state index contributed by atoms with van der Waals surface area (Å²) in [5.41, 5.74) is 6.75. The molecule has 6 heteroatoms. The Bertz CT molecular complexity index is 655. The normalized spacial score (nSPS) is 13.1. The lowest BCUT2D eigenvalue weighted by Gasteiger charge is -2.13. The Balaban J connectivity index is 2.03. The van der Waals surface area contributed by atoms with Crippen molar-refractivity contribution in [1.82, 2.24) is 4.72 Å². The Hall–Kier alpha value is -1.89. The number of anilines is 1. The first-order valence-corrected chi connectivity index (χ1v) is 7.55. The summed E-state index contributed by atoms with van der Waals surface area (Å²) in [4.78, 5) is 0.171. The number of nitrogens with one attached hydrogen (secondary N) is 1. The number of hydrogen-bond acceptors (Lipinski definition) is 4. The molecule has 0 fully saturated rings. The van der Waals surface area contributed by atoms with Gasteiger partial charge in [-0.25, -0.2) is 13.1 Å². The third-order valence-corrected chi connectivity index (χ3v) is 4.28. The van der Waals surface area contributed by atoms with Crippen molar-refractivity contribution in [2.75, 3.05) is 12.3 Å². The molecule has 1 unspecified atom stereocenters. The molecule has 0 spiro atoms. The summed E-state index contributed by atoms with van der Waals surface area (Å²) in [6.45, 7) is -0.0961. The number of nitrogens with two attached hydrogens (primary N) is 1. The topological polar surface area (TPSA) is 92.4 Å². The Morgan fingerprint density at radius 1 is 1.05 bits per heavy atom. The molecular weight excluding hydrogens is 276 g/mol. The average molecular weight is 292 g/mol. The van der Waals surface area contributed by atoms with Gasteiger partial charge in [-0.3, -0.25) is 0 Å². The zero-order valence-electron chi connectivity index (χ0n) is 10.7. The van der Waals surface area contributed by atoms with Gasteiger partial charge >= 0.3 is 0 Å². The second kappa shape index (κ2) is 6.04. The Morgan fingerprint density at radius 3 is 2.25 bits per heavy atom. The molecule has 0 saturated carbocycles. The molecule has 2 aromatic carbocycles. The number of hydrogen-bond donors (Lipinski definition) is 3. The summed E-state index contributed by atoms with van der Waals surface area (Å²) in [5, 5.41) is 9.95. The summed E-state index contributed by atoms with van der Waals surface area (Å²) in [7, 11) is -3.61. The lowest BCUT2D eigenvalue weighted by Crippen LogP contribution is -2.28. The highest BCUT2D eigenvalue weighted by Gasteiger charge is 2.16. The fourth-order valence-corrected chi connectivity index (χ4v) is 2.77. The maximum atomic E-state index is 12.0. The molecular formula is C14H16N2O3S. The lowest BCUT2D eigenvalue weighted by atomic mass is 10.1. The molecule has 5 nitrogen and oxygen atoms in total. The van der Waals surface area contributed by atoms with Gasteiger partial charge in [0.05, 0.1) is 11.0 Å². The zero-order chi connectivity index (χ0) is 14.6. The van der Waals surface area contributed by atoms with Crippen molar-refractivity contribution >= 4 is 15.7 Å². The van der Waals surface area contributed by atoms with Crippen molar-refractivity contribution in [3.05, 3.63) is 60.2 Å². The first-order chi connectivity index (χ1) is 9.49. The number of sulfonamides is 1. The molecule has 106 valence electrons. The van der Waals surface area contributed by atoms with Crippen LogP contribution < -0.4 is 10.5 Å². The van der Waals surface area contributed by atoms with Crippen LogP contribution in [0.15, 0.2) is 59.5 Å². The summed E-state index contributed by atoms with van der Waals surface area (Å²) in [6, 6.07) is 14.7. The first-order valence-electron chi connectivity index (χ1n) is 6.07. The molecule has 0 aromatic heterocycles. The van der Waals surface area contributed by atoms with Gasteiger partial charge in [-0.1, -0.05) is 30.3 Å². The standard InChI is InChI=1S/C14H16N2O3S/c15-12-8-6-11(7-9-12)14(17)10-16-20(18,19)13-4-2-1-3-5-13/h1-9,14,16-17H,10,15H2. The third-order valence-electron chi connectivity index (χ3n) is 2.84. The smallest absolute Gasteiger partial charge is 0.240 e. The van der Waals surface area contributed by atoms with E-state index in [2.05, 4.69) is 4.72 Å². The van der Waals surface area contributed by atoms with E-state index in [1.54, 1.807) is 42.5 Å². The predicted molar refractivity (Wildman–Crippen MR) is 77.4 cm³/mol. The van der Waals surface area contributed by atoms with Gasteiger partial charge in [-0.05, 0) is 29.8 Å². The van der Waals surface area contributed by atoms with E-state index in [0.29, 0.717) is 11.3 Å². The van der Waals surface area contributed by atoms with E-state index in [4.69, 9.17) is 5.73 Å². The third kappa shape index (κ3) is 3.57. The number of benzene rings is 2. The van der Waals surface area contributed by atoms with Gasteiger partial charge in [0, 0.05) is 12.2 Å². The van der Waals surface area contributed by atoms with E-state index < -0.39 is 16.1 Å². The molecule has 0 bridgehead atoms. The molecule has 4 N–H and O–H groups in total. The van der Waals surface area contributed by atoms with Gasteiger partial charge in [0.1, 0.15) is 0 Å². The average Bonchev–Trinajstić information content (AvgIpc) is 2.46. The highest BCUT2D eigenvalue weighted by atomic mass is 32.2. The zero-order valence-corrected chi connectivity index (χ0v) is 11.5. The van der Waals surface area contributed by atoms with Crippen molar-refractivity contribution in [2.24, 2.45) is 0 Å². The molecule has 20 heavy (non-hydrogen) atoms. The van der Waals surface area contributed by atoms with Gasteiger partial charge in [0.2, 0.25) is 10.0 Å². The van der Waals surface area contributed by atoms with Crippen LogP contribution in [0.2, 0.25) is 0 Å². The quantitative estimate of drug-likeness (QED) is 0.724. The van der Waals surface area contributed by atoms with E-state index in [9.17, 15) is 13.5 Å². The summed E-state index contributed by atoms with van der Waals surface area (Å²) < 4.78 is 26.3. The van der Waals surface area contributed by atoms with Crippen LogP contribution in [0.3, 0.4) is 0 Å². The molecule has 2 aromatic rings. The van der Waals surface area contributed by atoms with E-state index >= 15 is 0 Å². The van der Waals surface area contributed by atoms with E-state index in [-0.39, 0.29) is 11.4 Å². The highest BCUT2D eigenvalue weighted by molar-refractivity contribution is 7.89. The fourth-order valence-electron chi connectivity index (χ4n) is 1.71. The van der Waals surface area contributed by atoms with Gasteiger partial charge in [0.15, 0.2) is 0 Å². The molecule has 1 atom stereocenters. The largest absolute Gasteiger partial charge is 0.399 e. The SMILES string of the molecule is Nc1ccc(C(O)CNS(=O)(=O)c2ccccc2)cc1. The summed E-state index contributed by atoms with van der Waals surface area (Å²) >= 11 is 0. The summed E-state index contributed by atoms with van der Waals surface area (Å²) in [6.07, 6.45) is -0.922. The van der Waals surface area contributed by atoms with Crippen LogP contribution in [-0.2, 0) is 10.0 Å². The molecule has 2 rings (SSSR count). The molecule has 0 saturated heterocycles. The van der Waals surface area contributed by atoms with Gasteiger partial charge in [-0.15, -0.1) is 0 Å². The summed E-state index contributed by atoms with van der Waals surface area (Å²) in [5.74, 6) is 0. The molecule has 0 radical (unpaired) electrons. The van der Waals surface area contributed by atoms with Crippen molar-refractivity contribution in [3.63, 3.8) is 0 Å². The molecule has 0 aliphatic heterocycles. The van der Waals surface area contributed by atoms with Crippen molar-refractivity contribution < 1.29 is 13.5 Å². The number of nitrogen functional groups attached to an aromatic ring is 1. The van der Waals surface area contributed by atoms with Crippen LogP contribution in [0.1, 0.15) is 11.7 Å². The van der Waals surface area contributed by atoms with Crippen LogP contribution >= 0.6 is 0 Å². The Morgan fingerprint density at radius 2 is 1.65 bits per heavy atom. The van der Waals surface area contributed by atoms with Crippen molar-refractivity contribution in [1.29, 1.82) is 0 Å². The Labute approximate surface area is 118 Å². The monoisotopic (exact) mass is 292 g/mol. The predicted octanol–water partition coefficient (Wildman–Crippen LogP) is 1.28. The van der Waals surface area contributed by atoms with Crippen LogP contribution in [0.25, 0.3) is 0 Å². The molecule has 0 aliphatic rings. The first kappa shape index (κ1) is 14.5. The highest BCUT2D eigenvalue weighted by Crippen LogP contribution is 2.15. The van der Waals surface area contributed by atoms with Crippen molar-refractivity contribution in [3.8, 4) is 0 Å². The lowest BCUT2D eigenvalue weighted by molar-refractivity contribution is 0.182. The van der Waals surface area contributed by atoms with Crippen LogP contribution in [0, 0.1) is 0 Å². The molecule has 0 aliphatic carbocycles. The second-order valence-electron chi connectivity index (χ2n) is 4.35. The van der Waals surface area contributed by atoms with Crippen LogP contribution in [-0.4, -0.2) is 20.1 Å². The van der Waals surface area contributed by atoms with E-state index in [0.717, 1.165) is 0 Å². The molecule has 0 heterocycles. The van der Waals surface area contributed by atoms with Gasteiger partial charge < -0.3 is 10.8 Å². The molecule has 0 amide bonds. The van der Waals surface area contributed by atoms with E-state index in [1.165, 1.54) is 12.1 Å². The minimum Gasteiger partial charge on any atom is -0.399 e. The number of aliphatic hydroxyl groups is 1. The van der Waals surface area contributed by atoms with Crippen molar-refractivity contribution in [2.45, 2.75) is 11.0 Å². The van der Waals surface area contributed by atoms with E-state index in [1.807, 2.05) is 0 Å². The minimum absolute atomic E-state index is 0.0961. The Kier molecular flexibility index (Phi) is 4.39. The van der Waals surface area contributed by atoms with Crippen LogP contribution in [0.5, 0.6) is 0 Å². The maximum Gasteiger partial charge on any atom is 0.240 e. The number of aliphatic hydroxyl groups excluding tert-OH is 1. The van der Waals surface area contributed by atoms with Gasteiger partial charge in [0.25, 0.3) is 0 Å². The number of rotatable bonds is 5. The van der Waals surface area contributed by atoms with Crippen LogP contribution in [0.4, 0.5) is 5.69 Å². The minimum atomic E-state index is -3.61. The van der Waals surface area contributed by atoms with Gasteiger partial charge in [-0.2, -0.15) is 0 Å². The fraction of sp³-hybridized carbons (Fsp3) is 0.143.